The molecule has 0 spiro atoms. The number of nitrogens with zero attached hydrogens (tertiary/aromatic N) is 1. The van der Waals surface area contributed by atoms with Crippen molar-refractivity contribution in [2.45, 2.75) is 19.9 Å². The van der Waals surface area contributed by atoms with Crippen molar-refractivity contribution in [2.24, 2.45) is 0 Å². The van der Waals surface area contributed by atoms with Crippen LogP contribution in [0.4, 0.5) is 0 Å². The zero-order valence-corrected chi connectivity index (χ0v) is 14.9. The van der Waals surface area contributed by atoms with Gasteiger partial charge in [-0.15, -0.1) is 0 Å². The summed E-state index contributed by atoms with van der Waals surface area (Å²) in [7, 11) is 3.46. The van der Waals surface area contributed by atoms with Crippen LogP contribution in [0.1, 0.15) is 25.5 Å². The number of rotatable bonds is 7. The molecule has 1 amide bonds. The Morgan fingerprint density at radius 2 is 1.88 bits per heavy atom. The van der Waals surface area contributed by atoms with E-state index in [0.717, 1.165) is 22.4 Å². The first-order valence-corrected chi connectivity index (χ1v) is 8.29. The fraction of sp³-hybridized carbons (Fsp3) is 0.350. The third kappa shape index (κ3) is 4.15. The topological polar surface area (TPSA) is 41.6 Å². The summed E-state index contributed by atoms with van der Waals surface area (Å²) in [6.45, 7) is 5.13. The normalized spacial score (nSPS) is 11.8. The third-order valence-electron chi connectivity index (χ3n) is 4.25. The molecule has 0 saturated heterocycles. The second kappa shape index (κ2) is 8.50. The number of nitrogens with one attached hydrogen (secondary N) is 1. The standard InChI is InChI=1S/C20H26N2O2/c1-5-22(20(23)14-21-3)15(2)16-9-11-17(12-10-16)18-7-6-8-19(13-18)24-4/h6-13,15,21H,5,14H2,1-4H3. The molecule has 1 unspecified atom stereocenters. The second-order valence-electron chi connectivity index (χ2n) is 5.74. The Kier molecular flexibility index (Phi) is 6.38. The van der Waals surface area contributed by atoms with Gasteiger partial charge in [0.1, 0.15) is 5.75 Å². The van der Waals surface area contributed by atoms with Crippen molar-refractivity contribution in [3.63, 3.8) is 0 Å². The molecule has 0 saturated carbocycles. The molecular formula is C20H26N2O2. The Labute approximate surface area is 144 Å². The lowest BCUT2D eigenvalue weighted by Gasteiger charge is -2.28. The predicted octanol–water partition coefficient (Wildman–Crippen LogP) is 3.49. The van der Waals surface area contributed by atoms with Gasteiger partial charge in [0.2, 0.25) is 5.91 Å². The Morgan fingerprint density at radius 3 is 2.46 bits per heavy atom. The Hall–Kier alpha value is -2.33. The number of benzene rings is 2. The molecular weight excluding hydrogens is 300 g/mol. The lowest BCUT2D eigenvalue weighted by atomic mass is 10.0. The maximum absolute atomic E-state index is 12.2. The number of likely N-dealkylation sites (N-methyl/N-ethyl adjacent to an activating group) is 2. The van der Waals surface area contributed by atoms with Gasteiger partial charge in [0, 0.05) is 6.54 Å². The van der Waals surface area contributed by atoms with Gasteiger partial charge in [0.15, 0.2) is 0 Å². The summed E-state index contributed by atoms with van der Waals surface area (Å²) in [6, 6.07) is 16.4. The van der Waals surface area contributed by atoms with Crippen LogP contribution in [-0.4, -0.2) is 38.1 Å². The van der Waals surface area contributed by atoms with E-state index in [4.69, 9.17) is 4.74 Å². The molecule has 2 aromatic carbocycles. The third-order valence-corrected chi connectivity index (χ3v) is 4.25. The Balaban J connectivity index is 2.20. The minimum atomic E-state index is 0.0511. The minimum absolute atomic E-state index is 0.0511. The summed E-state index contributed by atoms with van der Waals surface area (Å²) in [5, 5.41) is 2.93. The highest BCUT2D eigenvalue weighted by Gasteiger charge is 2.19. The molecule has 4 heteroatoms. The first-order chi connectivity index (χ1) is 11.6. The van der Waals surface area contributed by atoms with Crippen molar-refractivity contribution < 1.29 is 9.53 Å². The van der Waals surface area contributed by atoms with Crippen molar-refractivity contribution >= 4 is 5.91 Å². The number of carbonyl (C=O) groups excluding carboxylic acids is 1. The molecule has 4 nitrogen and oxygen atoms in total. The molecule has 0 aliphatic carbocycles. The van der Waals surface area contributed by atoms with Crippen LogP contribution in [0.2, 0.25) is 0 Å². The zero-order valence-electron chi connectivity index (χ0n) is 14.9. The van der Waals surface area contributed by atoms with Gasteiger partial charge < -0.3 is 15.0 Å². The van der Waals surface area contributed by atoms with E-state index in [1.807, 2.05) is 30.0 Å². The minimum Gasteiger partial charge on any atom is -0.497 e. The number of hydrogen-bond acceptors (Lipinski definition) is 3. The van der Waals surface area contributed by atoms with Crippen LogP contribution in [0.3, 0.4) is 0 Å². The summed E-state index contributed by atoms with van der Waals surface area (Å²) in [5.41, 5.74) is 3.38. The summed E-state index contributed by atoms with van der Waals surface area (Å²) in [5.74, 6) is 0.962. The molecule has 0 aromatic heterocycles. The Morgan fingerprint density at radius 1 is 1.17 bits per heavy atom. The van der Waals surface area contributed by atoms with Crippen LogP contribution in [0, 0.1) is 0 Å². The van der Waals surface area contributed by atoms with E-state index in [9.17, 15) is 4.79 Å². The maximum atomic E-state index is 12.2. The van der Waals surface area contributed by atoms with E-state index in [-0.39, 0.29) is 11.9 Å². The van der Waals surface area contributed by atoms with E-state index < -0.39 is 0 Å². The lowest BCUT2D eigenvalue weighted by Crippen LogP contribution is -2.38. The molecule has 0 aliphatic heterocycles. The van der Waals surface area contributed by atoms with Crippen molar-refractivity contribution in [1.82, 2.24) is 10.2 Å². The molecule has 0 aliphatic rings. The Bertz CT molecular complexity index is 668. The van der Waals surface area contributed by atoms with Crippen LogP contribution >= 0.6 is 0 Å². The first-order valence-electron chi connectivity index (χ1n) is 8.29. The van der Waals surface area contributed by atoms with Gasteiger partial charge in [-0.1, -0.05) is 36.4 Å². The predicted molar refractivity (Wildman–Crippen MR) is 98.2 cm³/mol. The average Bonchev–Trinajstić information content (AvgIpc) is 2.62. The molecule has 0 fully saturated rings. The van der Waals surface area contributed by atoms with Crippen molar-refractivity contribution in [1.29, 1.82) is 0 Å². The average molecular weight is 326 g/mol. The molecule has 2 rings (SSSR count). The highest BCUT2D eigenvalue weighted by atomic mass is 16.5. The quantitative estimate of drug-likeness (QED) is 0.847. The molecule has 1 atom stereocenters. The number of methoxy groups -OCH3 is 1. The van der Waals surface area contributed by atoms with Gasteiger partial charge >= 0.3 is 0 Å². The molecule has 0 heterocycles. The lowest BCUT2D eigenvalue weighted by molar-refractivity contribution is -0.132. The molecule has 1 N–H and O–H groups in total. The van der Waals surface area contributed by atoms with Gasteiger partial charge in [0.05, 0.1) is 19.7 Å². The number of ether oxygens (including phenoxy) is 1. The van der Waals surface area contributed by atoms with Crippen LogP contribution < -0.4 is 10.1 Å². The first kappa shape index (κ1) is 18.0. The summed E-state index contributed by atoms with van der Waals surface area (Å²) >= 11 is 0. The van der Waals surface area contributed by atoms with Crippen LogP contribution in [0.5, 0.6) is 5.75 Å². The fourth-order valence-electron chi connectivity index (χ4n) is 2.86. The molecule has 24 heavy (non-hydrogen) atoms. The number of amides is 1. The van der Waals surface area contributed by atoms with E-state index in [1.54, 1.807) is 14.2 Å². The molecule has 0 bridgehead atoms. The second-order valence-corrected chi connectivity index (χ2v) is 5.74. The number of carbonyl (C=O) groups is 1. The largest absolute Gasteiger partial charge is 0.497 e. The van der Waals surface area contributed by atoms with Crippen molar-refractivity contribution in [3.8, 4) is 16.9 Å². The van der Waals surface area contributed by atoms with Gasteiger partial charge in [-0.2, -0.15) is 0 Å². The maximum Gasteiger partial charge on any atom is 0.237 e. The monoisotopic (exact) mass is 326 g/mol. The van der Waals surface area contributed by atoms with Gasteiger partial charge in [-0.25, -0.2) is 0 Å². The molecule has 128 valence electrons. The summed E-state index contributed by atoms with van der Waals surface area (Å²) in [4.78, 5) is 14.1. The van der Waals surface area contributed by atoms with E-state index in [2.05, 4.69) is 42.6 Å². The van der Waals surface area contributed by atoms with Gasteiger partial charge in [-0.3, -0.25) is 4.79 Å². The van der Waals surface area contributed by atoms with Crippen molar-refractivity contribution in [2.75, 3.05) is 27.2 Å². The van der Waals surface area contributed by atoms with Crippen molar-refractivity contribution in [3.05, 3.63) is 54.1 Å². The number of hydrogen-bond donors (Lipinski definition) is 1. The van der Waals surface area contributed by atoms with E-state index in [0.29, 0.717) is 13.1 Å². The molecule has 2 aromatic rings. The van der Waals surface area contributed by atoms with Crippen LogP contribution in [0.25, 0.3) is 11.1 Å². The van der Waals surface area contributed by atoms with E-state index >= 15 is 0 Å². The highest BCUT2D eigenvalue weighted by Crippen LogP contribution is 2.27. The summed E-state index contributed by atoms with van der Waals surface area (Å²) in [6.07, 6.45) is 0. The van der Waals surface area contributed by atoms with Crippen LogP contribution in [-0.2, 0) is 4.79 Å². The van der Waals surface area contributed by atoms with E-state index in [1.165, 1.54) is 0 Å². The van der Waals surface area contributed by atoms with Gasteiger partial charge in [0.25, 0.3) is 0 Å². The van der Waals surface area contributed by atoms with Crippen LogP contribution in [0.15, 0.2) is 48.5 Å². The highest BCUT2D eigenvalue weighted by molar-refractivity contribution is 5.78. The fourth-order valence-corrected chi connectivity index (χ4v) is 2.86. The van der Waals surface area contributed by atoms with Gasteiger partial charge in [-0.05, 0) is 49.7 Å². The zero-order chi connectivity index (χ0) is 17.5. The molecule has 0 radical (unpaired) electrons. The summed E-state index contributed by atoms with van der Waals surface area (Å²) < 4.78 is 5.28. The SMILES string of the molecule is CCN(C(=O)CNC)C(C)c1ccc(-c2cccc(OC)c2)cc1. The smallest absolute Gasteiger partial charge is 0.237 e.